The van der Waals surface area contributed by atoms with E-state index in [9.17, 15) is 0 Å². The SMILES string of the molecule is CC1CN(CC(C)(C)CNC2CC2)CC(C)O1. The number of rotatable bonds is 5. The normalized spacial score (nSPS) is 31.8. The van der Waals surface area contributed by atoms with Gasteiger partial charge in [-0.2, -0.15) is 0 Å². The number of hydrogen-bond acceptors (Lipinski definition) is 3. The summed E-state index contributed by atoms with van der Waals surface area (Å²) in [4.78, 5) is 2.56. The van der Waals surface area contributed by atoms with Gasteiger partial charge in [0.25, 0.3) is 0 Å². The molecule has 2 rings (SSSR count). The van der Waals surface area contributed by atoms with E-state index in [-0.39, 0.29) is 0 Å². The van der Waals surface area contributed by atoms with Crippen molar-refractivity contribution in [1.82, 2.24) is 10.2 Å². The van der Waals surface area contributed by atoms with Crippen LogP contribution in [0.4, 0.5) is 0 Å². The first kappa shape index (κ1) is 13.3. The minimum absolute atomic E-state index is 0.360. The summed E-state index contributed by atoms with van der Waals surface area (Å²) < 4.78 is 5.78. The smallest absolute Gasteiger partial charge is 0.0678 e. The highest BCUT2D eigenvalue weighted by Gasteiger charge is 2.29. The molecular formula is C14H28N2O. The summed E-state index contributed by atoms with van der Waals surface area (Å²) >= 11 is 0. The molecule has 3 heteroatoms. The van der Waals surface area contributed by atoms with Crippen LogP contribution in [-0.4, -0.2) is 49.3 Å². The van der Waals surface area contributed by atoms with Gasteiger partial charge in [0.2, 0.25) is 0 Å². The minimum atomic E-state index is 0.360. The maximum atomic E-state index is 5.78. The Hall–Kier alpha value is -0.120. The lowest BCUT2D eigenvalue weighted by Gasteiger charge is -2.39. The van der Waals surface area contributed by atoms with Crippen LogP contribution in [0, 0.1) is 5.41 Å². The van der Waals surface area contributed by atoms with Crippen LogP contribution in [0.3, 0.4) is 0 Å². The Morgan fingerprint density at radius 3 is 2.29 bits per heavy atom. The molecule has 17 heavy (non-hydrogen) atoms. The maximum Gasteiger partial charge on any atom is 0.0678 e. The van der Waals surface area contributed by atoms with Crippen LogP contribution in [0.2, 0.25) is 0 Å². The molecule has 0 radical (unpaired) electrons. The van der Waals surface area contributed by atoms with Crippen molar-refractivity contribution >= 4 is 0 Å². The lowest BCUT2D eigenvalue weighted by molar-refractivity contribution is -0.0755. The highest BCUT2D eigenvalue weighted by Crippen LogP contribution is 2.23. The minimum Gasteiger partial charge on any atom is -0.373 e. The van der Waals surface area contributed by atoms with Crippen molar-refractivity contribution in [3.8, 4) is 0 Å². The van der Waals surface area contributed by atoms with Gasteiger partial charge >= 0.3 is 0 Å². The van der Waals surface area contributed by atoms with Gasteiger partial charge in [-0.05, 0) is 32.1 Å². The molecule has 3 nitrogen and oxygen atoms in total. The molecule has 100 valence electrons. The van der Waals surface area contributed by atoms with E-state index in [2.05, 4.69) is 37.9 Å². The molecule has 2 atom stereocenters. The standard InChI is InChI=1S/C14H28N2O/c1-11-7-16(8-12(2)17-11)10-14(3,4)9-15-13-5-6-13/h11-13,15H,5-10H2,1-4H3. The van der Waals surface area contributed by atoms with Crippen LogP contribution in [0.25, 0.3) is 0 Å². The number of ether oxygens (including phenoxy) is 1. The first-order valence-corrected chi connectivity index (χ1v) is 7.06. The van der Waals surface area contributed by atoms with Crippen molar-refractivity contribution in [3.63, 3.8) is 0 Å². The Morgan fingerprint density at radius 1 is 1.18 bits per heavy atom. The Kier molecular flexibility index (Phi) is 4.11. The molecule has 0 spiro atoms. The fourth-order valence-corrected chi connectivity index (χ4v) is 2.78. The Labute approximate surface area is 106 Å². The Morgan fingerprint density at radius 2 is 1.76 bits per heavy atom. The zero-order chi connectivity index (χ0) is 12.5. The molecular weight excluding hydrogens is 212 g/mol. The van der Waals surface area contributed by atoms with Crippen LogP contribution >= 0.6 is 0 Å². The van der Waals surface area contributed by atoms with Gasteiger partial charge in [-0.15, -0.1) is 0 Å². The summed E-state index contributed by atoms with van der Waals surface area (Å²) in [6.45, 7) is 13.6. The van der Waals surface area contributed by atoms with Crippen LogP contribution < -0.4 is 5.32 Å². The molecule has 1 aliphatic heterocycles. The molecule has 0 aromatic heterocycles. The van der Waals surface area contributed by atoms with Crippen LogP contribution in [0.15, 0.2) is 0 Å². The van der Waals surface area contributed by atoms with Crippen molar-refractivity contribution in [3.05, 3.63) is 0 Å². The summed E-state index contributed by atoms with van der Waals surface area (Å²) in [7, 11) is 0. The lowest BCUT2D eigenvalue weighted by atomic mass is 9.92. The van der Waals surface area contributed by atoms with Gasteiger partial charge in [0.05, 0.1) is 12.2 Å². The molecule has 0 bridgehead atoms. The highest BCUT2D eigenvalue weighted by molar-refractivity contribution is 4.86. The van der Waals surface area contributed by atoms with Gasteiger partial charge in [0, 0.05) is 32.2 Å². The third-order valence-corrected chi connectivity index (χ3v) is 3.59. The van der Waals surface area contributed by atoms with E-state index in [0.717, 1.165) is 25.7 Å². The average molecular weight is 240 g/mol. The van der Waals surface area contributed by atoms with Gasteiger partial charge in [-0.1, -0.05) is 13.8 Å². The quantitative estimate of drug-likeness (QED) is 0.794. The molecule has 0 aromatic rings. The molecule has 0 amide bonds. The van der Waals surface area contributed by atoms with E-state index in [1.165, 1.54) is 19.4 Å². The highest BCUT2D eigenvalue weighted by atomic mass is 16.5. The maximum absolute atomic E-state index is 5.78. The van der Waals surface area contributed by atoms with Gasteiger partial charge in [0.15, 0.2) is 0 Å². The van der Waals surface area contributed by atoms with E-state index in [1.54, 1.807) is 0 Å². The molecule has 1 saturated heterocycles. The topological polar surface area (TPSA) is 24.5 Å². The number of nitrogens with one attached hydrogen (secondary N) is 1. The fraction of sp³-hybridized carbons (Fsp3) is 1.00. The molecule has 1 N–H and O–H groups in total. The third kappa shape index (κ3) is 4.57. The summed E-state index contributed by atoms with van der Waals surface area (Å²) in [6, 6.07) is 0.816. The predicted octanol–water partition coefficient (Wildman–Crippen LogP) is 1.87. The predicted molar refractivity (Wildman–Crippen MR) is 71.3 cm³/mol. The second kappa shape index (κ2) is 5.25. The number of morpholine rings is 1. The van der Waals surface area contributed by atoms with Crippen molar-refractivity contribution in [2.75, 3.05) is 26.2 Å². The van der Waals surface area contributed by atoms with Gasteiger partial charge in [0.1, 0.15) is 0 Å². The number of hydrogen-bond donors (Lipinski definition) is 1. The Balaban J connectivity index is 1.76. The molecule has 1 saturated carbocycles. The van der Waals surface area contributed by atoms with E-state index in [1.807, 2.05) is 0 Å². The molecule has 2 unspecified atom stereocenters. The number of nitrogens with zero attached hydrogens (tertiary/aromatic N) is 1. The average Bonchev–Trinajstić information content (AvgIpc) is 2.95. The fourth-order valence-electron chi connectivity index (χ4n) is 2.78. The summed E-state index contributed by atoms with van der Waals surface area (Å²) in [6.07, 6.45) is 3.51. The van der Waals surface area contributed by atoms with Gasteiger partial charge in [-0.25, -0.2) is 0 Å². The second-order valence-electron chi connectivity index (χ2n) is 6.77. The molecule has 1 heterocycles. The molecule has 1 aliphatic carbocycles. The lowest BCUT2D eigenvalue weighted by Crippen LogP contribution is -2.50. The summed E-state index contributed by atoms with van der Waals surface area (Å²) in [5.74, 6) is 0. The summed E-state index contributed by atoms with van der Waals surface area (Å²) in [5, 5.41) is 3.65. The molecule has 0 aromatic carbocycles. The van der Waals surface area contributed by atoms with E-state index in [4.69, 9.17) is 4.74 Å². The second-order valence-corrected chi connectivity index (χ2v) is 6.77. The van der Waals surface area contributed by atoms with E-state index < -0.39 is 0 Å². The van der Waals surface area contributed by atoms with Crippen molar-refractivity contribution in [2.24, 2.45) is 5.41 Å². The monoisotopic (exact) mass is 240 g/mol. The van der Waals surface area contributed by atoms with Crippen LogP contribution in [0.1, 0.15) is 40.5 Å². The Bertz CT molecular complexity index is 241. The zero-order valence-corrected chi connectivity index (χ0v) is 11.8. The summed E-state index contributed by atoms with van der Waals surface area (Å²) in [5.41, 5.74) is 0.360. The first-order chi connectivity index (χ1) is 7.94. The van der Waals surface area contributed by atoms with Crippen molar-refractivity contribution < 1.29 is 4.74 Å². The van der Waals surface area contributed by atoms with E-state index >= 15 is 0 Å². The largest absolute Gasteiger partial charge is 0.373 e. The van der Waals surface area contributed by atoms with Crippen molar-refractivity contribution in [1.29, 1.82) is 0 Å². The molecule has 2 fully saturated rings. The van der Waals surface area contributed by atoms with Crippen LogP contribution in [0.5, 0.6) is 0 Å². The third-order valence-electron chi connectivity index (χ3n) is 3.59. The van der Waals surface area contributed by atoms with Gasteiger partial charge < -0.3 is 10.1 Å². The van der Waals surface area contributed by atoms with E-state index in [0.29, 0.717) is 17.6 Å². The van der Waals surface area contributed by atoms with Crippen molar-refractivity contribution in [2.45, 2.75) is 58.8 Å². The van der Waals surface area contributed by atoms with Gasteiger partial charge in [-0.3, -0.25) is 4.90 Å². The molecule has 2 aliphatic rings. The zero-order valence-electron chi connectivity index (χ0n) is 11.8. The first-order valence-electron chi connectivity index (χ1n) is 7.06. The van der Waals surface area contributed by atoms with Crippen LogP contribution in [-0.2, 0) is 4.74 Å².